The van der Waals surface area contributed by atoms with Gasteiger partial charge < -0.3 is 61.3 Å². The Morgan fingerprint density at radius 2 is 0.475 bits per heavy atom. The van der Waals surface area contributed by atoms with Gasteiger partial charge in [-0.05, 0) is 337 Å². The topological polar surface area (TPSA) is 243 Å². The van der Waals surface area contributed by atoms with Gasteiger partial charge in [-0.3, -0.25) is 0 Å². The first-order valence-corrected chi connectivity index (χ1v) is 48.6. The average molecular weight is 1680 g/mol. The van der Waals surface area contributed by atoms with Gasteiger partial charge in [-0.1, -0.05) is 265 Å². The summed E-state index contributed by atoms with van der Waals surface area (Å²) in [7, 11) is 0. The summed E-state index contributed by atoms with van der Waals surface area (Å²) in [6.07, 6.45) is 43.3. The van der Waals surface area contributed by atoms with E-state index in [4.69, 9.17) is 0 Å². The molecule has 12 nitrogen and oxygen atoms in total. The highest BCUT2D eigenvalue weighted by atomic mass is 16.3. The quantitative estimate of drug-likeness (QED) is 0.0185. The molecule has 12 atom stereocenters. The van der Waals surface area contributed by atoms with Gasteiger partial charge in [0.1, 0.15) is 46.0 Å². The number of phenolic OH excluding ortho intramolecular Hbond substituents is 8. The fourth-order valence-corrected chi connectivity index (χ4v) is 17.2. The van der Waals surface area contributed by atoms with E-state index in [0.717, 1.165) is 143 Å². The van der Waals surface area contributed by atoms with Crippen LogP contribution < -0.4 is 0 Å². The molecule has 4 unspecified atom stereocenters. The number of aliphatic hydroxyl groups is 4. The zero-order valence-corrected chi connectivity index (χ0v) is 82.9. The molecule has 4 rings (SSSR count). The molecule has 0 saturated heterocycles. The number of aryl methyl sites for hydroxylation is 4. The highest BCUT2D eigenvalue weighted by molar-refractivity contribution is 5.57. The predicted molar refractivity (Wildman–Crippen MR) is 513 cm³/mol. The van der Waals surface area contributed by atoms with Crippen molar-refractivity contribution in [2.75, 3.05) is 0 Å². The Labute approximate surface area is 738 Å². The summed E-state index contributed by atoms with van der Waals surface area (Å²) in [5.74, 6) is 10.9. The molecule has 0 radical (unpaired) electrons. The molecule has 4 aromatic rings. The van der Waals surface area contributed by atoms with Gasteiger partial charge in [0.05, 0.1) is 22.4 Å². The van der Waals surface area contributed by atoms with E-state index in [1.165, 1.54) is 154 Å². The first-order valence-electron chi connectivity index (χ1n) is 48.6. The van der Waals surface area contributed by atoms with Gasteiger partial charge in [0.2, 0.25) is 0 Å². The van der Waals surface area contributed by atoms with Crippen LogP contribution in [0.1, 0.15) is 436 Å². The van der Waals surface area contributed by atoms with E-state index in [-0.39, 0.29) is 46.0 Å². The van der Waals surface area contributed by atoms with Crippen molar-refractivity contribution >= 4 is 0 Å². The second-order valence-corrected chi connectivity index (χ2v) is 42.6. The monoisotopic (exact) mass is 1680 g/mol. The number of hydrogen-bond acceptors (Lipinski definition) is 12. The Hall–Kier alpha value is -4.88. The van der Waals surface area contributed by atoms with Gasteiger partial charge in [-0.2, -0.15) is 0 Å². The van der Waals surface area contributed by atoms with Crippen LogP contribution in [0.25, 0.3) is 0 Å². The molecule has 0 aliphatic heterocycles. The van der Waals surface area contributed by atoms with Crippen LogP contribution in [0.2, 0.25) is 0 Å². The first kappa shape index (κ1) is 113. The molecule has 0 bridgehead atoms. The maximum Gasteiger partial charge on any atom is 0.122 e. The summed E-state index contributed by atoms with van der Waals surface area (Å²) in [6.45, 7) is 59.3. The van der Waals surface area contributed by atoms with E-state index in [0.29, 0.717) is 97.3 Å². The number of benzene rings is 4. The lowest BCUT2D eigenvalue weighted by atomic mass is 9.85. The van der Waals surface area contributed by atoms with Crippen LogP contribution in [-0.4, -0.2) is 83.7 Å². The minimum atomic E-state index is -0.758. The van der Waals surface area contributed by atoms with Crippen molar-refractivity contribution in [3.05, 3.63) is 91.0 Å². The van der Waals surface area contributed by atoms with Crippen LogP contribution in [-0.2, 0) is 25.7 Å². The lowest BCUT2D eigenvalue weighted by Gasteiger charge is -2.26. The normalized spacial score (nSPS) is 15.9. The third-order valence-electron chi connectivity index (χ3n) is 27.4. The molecule has 0 saturated carbocycles. The van der Waals surface area contributed by atoms with Gasteiger partial charge in [-0.25, -0.2) is 0 Å². The van der Waals surface area contributed by atoms with Gasteiger partial charge in [0.15, 0.2) is 0 Å². The number of phenols is 8. The highest BCUT2D eigenvalue weighted by Gasteiger charge is 2.29. The van der Waals surface area contributed by atoms with Crippen molar-refractivity contribution in [3.63, 3.8) is 0 Å². The summed E-state index contributed by atoms with van der Waals surface area (Å²) >= 11 is 0. The molecular weight excluding hydrogens is 1490 g/mol. The molecule has 0 fully saturated rings. The third-order valence-corrected chi connectivity index (χ3v) is 27.4. The Balaban J connectivity index is 0.000000800. The summed E-state index contributed by atoms with van der Waals surface area (Å²) in [6, 6.07) is 6.41. The van der Waals surface area contributed by atoms with Crippen molar-refractivity contribution in [3.8, 4) is 46.0 Å². The summed E-state index contributed by atoms with van der Waals surface area (Å²) in [5.41, 5.74) is 5.63. The van der Waals surface area contributed by atoms with E-state index in [1.54, 1.807) is 45.0 Å². The molecule has 0 spiro atoms. The van der Waals surface area contributed by atoms with Crippen LogP contribution in [0, 0.1) is 126 Å². The van der Waals surface area contributed by atoms with Crippen molar-refractivity contribution in [2.24, 2.45) is 71.0 Å². The van der Waals surface area contributed by atoms with Crippen molar-refractivity contribution < 1.29 is 61.3 Å². The average Bonchev–Trinajstić information content (AvgIpc) is 0.803. The van der Waals surface area contributed by atoms with Gasteiger partial charge in [-0.15, -0.1) is 0 Å². The minimum Gasteiger partial charge on any atom is -0.508 e. The van der Waals surface area contributed by atoms with E-state index < -0.39 is 22.4 Å². The lowest BCUT2D eigenvalue weighted by Crippen LogP contribution is -2.26. The molecule has 12 heteroatoms. The minimum absolute atomic E-state index is 0.169. The maximum atomic E-state index is 10.9. The van der Waals surface area contributed by atoms with E-state index in [2.05, 4.69) is 111 Å². The van der Waals surface area contributed by atoms with Crippen LogP contribution in [0.3, 0.4) is 0 Å². The van der Waals surface area contributed by atoms with E-state index in [9.17, 15) is 61.3 Å². The SMILES string of the molecule is Cc1c(C)c(O)c(CCC(C)(O)CC[C@H](C)CCC[C@H](C)CCCC(C)C)c(C)c1O.Cc1c(O)cc(CCC(C)(O)CC[C@H](C)CCC[C@H](C)CCCC(C)C)c(O)c1C.Cc1cc(O)c(CCC(C)(O)CC[C@H](C)CCC[C@H](C)CCCC(C)C)c(C)c1O.Cc1cc(O)cc(CCC(C)(O)CC[C@H](C)CCC[C@H](C)CCCC(C)C)c1O. The molecule has 0 aliphatic rings. The standard InChI is InChI=1S/C28H50O3.2C27H48O3.C26H46O3/c1-19(2)11-9-12-20(3)13-10-14-21(4)15-17-28(8,31)18-16-25-24(7)26(29)22(5)23(6)27(25)30;1-19(2)10-8-11-20(3)12-9-13-21(4)14-16-27(7,30)17-15-24-18-25(28)22(5)23(6)26(24)29;1-19(2)10-8-11-20(3)12-9-13-21(4)14-16-27(7,30)17-15-24-23(6)26(29)22(5)18-25(24)28;1-19(2)9-7-10-20(3)11-8-12-21(4)13-15-26(6,29)16-14-23-18-24(27)17-22(5)25(23)28/h19-21,29-31H,9-18H2,1-8H3;2*18-21,28-30H,8-17H2,1-7H3;17-21,27-29H,7-16H2,1-6H3/t20-,21-,28?;2*20-,21-,27?;20-,21-,26?/m1111/s1. The van der Waals surface area contributed by atoms with Crippen molar-refractivity contribution in [1.29, 1.82) is 0 Å². The lowest BCUT2D eigenvalue weighted by molar-refractivity contribution is 0.0352. The molecule has 4 aromatic carbocycles. The van der Waals surface area contributed by atoms with E-state index >= 15 is 0 Å². The Kier molecular flexibility index (Phi) is 54.4. The second-order valence-electron chi connectivity index (χ2n) is 42.6. The molecule has 0 amide bonds. The zero-order valence-electron chi connectivity index (χ0n) is 82.9. The van der Waals surface area contributed by atoms with Crippen molar-refractivity contribution in [2.45, 2.75) is 473 Å². The molecule has 0 heterocycles. The number of hydrogen-bond donors (Lipinski definition) is 12. The van der Waals surface area contributed by atoms with Crippen LogP contribution in [0.15, 0.2) is 24.3 Å². The number of rotatable bonds is 56. The van der Waals surface area contributed by atoms with Crippen LogP contribution in [0.5, 0.6) is 46.0 Å². The van der Waals surface area contributed by atoms with Gasteiger partial charge >= 0.3 is 0 Å². The molecule has 696 valence electrons. The largest absolute Gasteiger partial charge is 0.508 e. The molecule has 0 aliphatic carbocycles. The van der Waals surface area contributed by atoms with Crippen LogP contribution >= 0.6 is 0 Å². The Morgan fingerprint density at radius 1 is 0.225 bits per heavy atom. The second kappa shape index (κ2) is 57.7. The zero-order chi connectivity index (χ0) is 91.6. The van der Waals surface area contributed by atoms with Gasteiger partial charge in [0.25, 0.3) is 0 Å². The highest BCUT2D eigenvalue weighted by Crippen LogP contribution is 2.41. The molecule has 120 heavy (non-hydrogen) atoms. The third kappa shape index (κ3) is 48.6. The molecule has 0 aromatic heterocycles. The summed E-state index contributed by atoms with van der Waals surface area (Å²) in [4.78, 5) is 0. The Morgan fingerprint density at radius 3 is 0.792 bits per heavy atom. The fourth-order valence-electron chi connectivity index (χ4n) is 17.2. The fraction of sp³-hybridized carbons (Fsp3) is 0.778. The molecular formula is C108H192O12. The predicted octanol–water partition coefficient (Wildman–Crippen LogP) is 29.8. The summed E-state index contributed by atoms with van der Waals surface area (Å²) < 4.78 is 0. The summed E-state index contributed by atoms with van der Waals surface area (Å²) in [5, 5.41) is 125. The van der Waals surface area contributed by atoms with Crippen LogP contribution in [0.4, 0.5) is 0 Å². The Bertz CT molecular complexity index is 3400. The smallest absolute Gasteiger partial charge is 0.122 e. The number of aromatic hydroxyl groups is 8. The first-order chi connectivity index (χ1) is 55.7. The van der Waals surface area contributed by atoms with Gasteiger partial charge in [0, 0.05) is 11.1 Å². The molecule has 12 N–H and O–H groups in total. The van der Waals surface area contributed by atoms with E-state index in [1.807, 2.05) is 62.3 Å². The maximum absolute atomic E-state index is 10.9. The van der Waals surface area contributed by atoms with Crippen molar-refractivity contribution in [1.82, 2.24) is 0 Å².